The van der Waals surface area contributed by atoms with Crippen LogP contribution in [0.4, 0.5) is 0 Å². The topological polar surface area (TPSA) is 32.3 Å². The minimum atomic E-state index is 0.214. The summed E-state index contributed by atoms with van der Waals surface area (Å²) in [5.74, 6) is 1.29. The van der Waals surface area contributed by atoms with E-state index in [1.54, 1.807) is 0 Å². The maximum atomic E-state index is 11.8. The summed E-state index contributed by atoms with van der Waals surface area (Å²) < 4.78 is 0.214. The first-order valence-corrected chi connectivity index (χ1v) is 6.54. The highest BCUT2D eigenvalue weighted by Crippen LogP contribution is 2.29. The highest BCUT2D eigenvalue weighted by atomic mass is 32.2. The highest BCUT2D eigenvalue weighted by Gasteiger charge is 2.29. The molecule has 0 spiro atoms. The van der Waals surface area contributed by atoms with Gasteiger partial charge in [0.15, 0.2) is 0 Å². The zero-order valence-electron chi connectivity index (χ0n) is 10.2. The first-order valence-electron chi connectivity index (χ1n) is 5.56. The van der Waals surface area contributed by atoms with Gasteiger partial charge in [0.2, 0.25) is 5.91 Å². The molecule has 4 heteroatoms. The van der Waals surface area contributed by atoms with Crippen molar-refractivity contribution in [3.63, 3.8) is 0 Å². The van der Waals surface area contributed by atoms with E-state index in [4.69, 9.17) is 0 Å². The van der Waals surface area contributed by atoms with Crippen molar-refractivity contribution in [1.29, 1.82) is 0 Å². The maximum absolute atomic E-state index is 11.8. The van der Waals surface area contributed by atoms with E-state index in [9.17, 15) is 4.79 Å². The molecule has 1 aliphatic heterocycles. The third kappa shape index (κ3) is 4.43. The zero-order chi connectivity index (χ0) is 11.5. The van der Waals surface area contributed by atoms with Crippen molar-refractivity contribution in [3.8, 4) is 0 Å². The van der Waals surface area contributed by atoms with Crippen molar-refractivity contribution in [2.75, 3.05) is 25.4 Å². The summed E-state index contributed by atoms with van der Waals surface area (Å²) >= 11 is 1.95. The Kier molecular flexibility index (Phi) is 4.46. The molecule has 1 aliphatic rings. The van der Waals surface area contributed by atoms with Gasteiger partial charge >= 0.3 is 0 Å². The van der Waals surface area contributed by atoms with Crippen LogP contribution in [-0.4, -0.2) is 47.0 Å². The number of carbonyl (C=O) groups is 1. The number of carbonyl (C=O) groups excluding carboxylic acids is 1. The summed E-state index contributed by atoms with van der Waals surface area (Å²) in [6.45, 7) is 10.8. The van der Waals surface area contributed by atoms with Gasteiger partial charge in [-0.15, -0.1) is 0 Å². The van der Waals surface area contributed by atoms with Crippen LogP contribution in [0.15, 0.2) is 0 Å². The van der Waals surface area contributed by atoms with Crippen molar-refractivity contribution < 1.29 is 4.79 Å². The lowest BCUT2D eigenvalue weighted by Gasteiger charge is -2.37. The number of hydrogen-bond acceptors (Lipinski definition) is 3. The lowest BCUT2D eigenvalue weighted by molar-refractivity contribution is -0.130. The average molecular weight is 230 g/mol. The summed E-state index contributed by atoms with van der Waals surface area (Å²) in [6, 6.07) is 0.376. The Morgan fingerprint density at radius 3 is 2.73 bits per heavy atom. The van der Waals surface area contributed by atoms with Gasteiger partial charge in [0.1, 0.15) is 0 Å². The first kappa shape index (κ1) is 12.8. The Morgan fingerprint density at radius 1 is 1.53 bits per heavy atom. The Hall–Kier alpha value is -0.220. The second-order valence-corrected chi connectivity index (χ2v) is 6.76. The van der Waals surface area contributed by atoms with Gasteiger partial charge in [-0.05, 0) is 13.8 Å². The highest BCUT2D eigenvalue weighted by molar-refractivity contribution is 8.00. The molecule has 0 radical (unpaired) electrons. The molecule has 1 heterocycles. The van der Waals surface area contributed by atoms with Gasteiger partial charge in [0, 0.05) is 29.6 Å². The molecule has 15 heavy (non-hydrogen) atoms. The second-order valence-electron chi connectivity index (χ2n) is 4.96. The van der Waals surface area contributed by atoms with Gasteiger partial charge in [-0.1, -0.05) is 13.8 Å². The van der Waals surface area contributed by atoms with Crippen LogP contribution in [-0.2, 0) is 4.79 Å². The molecule has 0 aromatic rings. The van der Waals surface area contributed by atoms with Crippen LogP contribution in [0.3, 0.4) is 0 Å². The lowest BCUT2D eigenvalue weighted by atomic mass is 10.2. The predicted octanol–water partition coefficient (Wildman–Crippen LogP) is 1.34. The molecule has 0 aromatic heterocycles. The number of thioether (sulfide) groups is 1. The van der Waals surface area contributed by atoms with Crippen molar-refractivity contribution in [3.05, 3.63) is 0 Å². The predicted molar refractivity (Wildman–Crippen MR) is 66.3 cm³/mol. The van der Waals surface area contributed by atoms with E-state index in [0.717, 1.165) is 18.8 Å². The number of amides is 1. The van der Waals surface area contributed by atoms with Crippen LogP contribution in [0.25, 0.3) is 0 Å². The Labute approximate surface area is 97.0 Å². The minimum absolute atomic E-state index is 0.214. The molecular weight excluding hydrogens is 208 g/mol. The normalized spacial score (nSPS) is 20.7. The summed E-state index contributed by atoms with van der Waals surface area (Å²) in [6.07, 6.45) is 0. The minimum Gasteiger partial charge on any atom is -0.339 e. The third-order valence-electron chi connectivity index (χ3n) is 2.44. The molecule has 88 valence electrons. The van der Waals surface area contributed by atoms with E-state index in [-0.39, 0.29) is 10.7 Å². The van der Waals surface area contributed by atoms with Gasteiger partial charge in [-0.2, -0.15) is 11.8 Å². The molecule has 0 unspecified atom stereocenters. The standard InChI is InChI=1S/C11H22N2OS/c1-9(2)12-7-10(14)13-5-6-15-11(3,4)8-13/h9,12H,5-8H2,1-4H3. The number of nitrogens with one attached hydrogen (secondary N) is 1. The van der Waals surface area contributed by atoms with Crippen molar-refractivity contribution in [2.45, 2.75) is 38.5 Å². The summed E-state index contributed by atoms with van der Waals surface area (Å²) in [5, 5.41) is 3.17. The van der Waals surface area contributed by atoms with Crippen molar-refractivity contribution >= 4 is 17.7 Å². The second kappa shape index (κ2) is 5.21. The largest absolute Gasteiger partial charge is 0.339 e. The number of rotatable bonds is 3. The molecule has 3 nitrogen and oxygen atoms in total. The molecule has 0 atom stereocenters. The van der Waals surface area contributed by atoms with E-state index in [0.29, 0.717) is 12.6 Å². The summed E-state index contributed by atoms with van der Waals surface area (Å²) in [4.78, 5) is 13.8. The fraction of sp³-hybridized carbons (Fsp3) is 0.909. The molecule has 1 saturated heterocycles. The van der Waals surface area contributed by atoms with Crippen LogP contribution in [0.5, 0.6) is 0 Å². The molecule has 0 aliphatic carbocycles. The fourth-order valence-corrected chi connectivity index (χ4v) is 2.74. The van der Waals surface area contributed by atoms with E-state index in [1.807, 2.05) is 16.7 Å². The molecular formula is C11H22N2OS. The Bertz CT molecular complexity index is 229. The SMILES string of the molecule is CC(C)NCC(=O)N1CCSC(C)(C)C1. The van der Waals surface area contributed by atoms with Crippen LogP contribution < -0.4 is 5.32 Å². The van der Waals surface area contributed by atoms with Crippen LogP contribution >= 0.6 is 11.8 Å². The molecule has 0 bridgehead atoms. The van der Waals surface area contributed by atoms with Gasteiger partial charge in [0.25, 0.3) is 0 Å². The van der Waals surface area contributed by atoms with E-state index in [1.165, 1.54) is 0 Å². The zero-order valence-corrected chi connectivity index (χ0v) is 11.0. The van der Waals surface area contributed by atoms with Crippen molar-refractivity contribution in [2.24, 2.45) is 0 Å². The summed E-state index contributed by atoms with van der Waals surface area (Å²) in [7, 11) is 0. The van der Waals surface area contributed by atoms with E-state index in [2.05, 4.69) is 33.0 Å². The van der Waals surface area contributed by atoms with Gasteiger partial charge in [-0.3, -0.25) is 4.79 Å². The number of nitrogens with zero attached hydrogens (tertiary/aromatic N) is 1. The molecule has 1 rings (SSSR count). The van der Waals surface area contributed by atoms with Crippen molar-refractivity contribution in [1.82, 2.24) is 10.2 Å². The third-order valence-corrected chi connectivity index (χ3v) is 3.74. The maximum Gasteiger partial charge on any atom is 0.236 e. The van der Waals surface area contributed by atoms with E-state index >= 15 is 0 Å². The van der Waals surface area contributed by atoms with Crippen LogP contribution in [0, 0.1) is 0 Å². The first-order chi connectivity index (χ1) is 6.91. The average Bonchev–Trinajstić information content (AvgIpc) is 2.12. The van der Waals surface area contributed by atoms with E-state index < -0.39 is 0 Å². The monoisotopic (exact) mass is 230 g/mol. The Morgan fingerprint density at radius 2 is 2.20 bits per heavy atom. The van der Waals surface area contributed by atoms with Crippen LogP contribution in [0.2, 0.25) is 0 Å². The Balaban J connectivity index is 2.39. The van der Waals surface area contributed by atoms with Gasteiger partial charge in [-0.25, -0.2) is 0 Å². The molecule has 1 fully saturated rings. The number of hydrogen-bond donors (Lipinski definition) is 1. The molecule has 0 saturated carbocycles. The molecule has 0 aromatic carbocycles. The fourth-order valence-electron chi connectivity index (χ4n) is 1.63. The van der Waals surface area contributed by atoms with Gasteiger partial charge < -0.3 is 10.2 Å². The molecule has 1 N–H and O–H groups in total. The molecule has 1 amide bonds. The smallest absolute Gasteiger partial charge is 0.236 e. The van der Waals surface area contributed by atoms with Crippen LogP contribution in [0.1, 0.15) is 27.7 Å². The lowest BCUT2D eigenvalue weighted by Crippen LogP contribution is -2.49. The van der Waals surface area contributed by atoms with Gasteiger partial charge in [0.05, 0.1) is 6.54 Å². The summed E-state index contributed by atoms with van der Waals surface area (Å²) in [5.41, 5.74) is 0. The quantitative estimate of drug-likeness (QED) is 0.794.